The molecule has 0 radical (unpaired) electrons. The average molecular weight is 403 g/mol. The highest BCUT2D eigenvalue weighted by Crippen LogP contribution is 2.54. The Morgan fingerprint density at radius 2 is 1.70 bits per heavy atom. The average Bonchev–Trinajstić information content (AvgIpc) is 3.39. The van der Waals surface area contributed by atoms with Gasteiger partial charge >= 0.3 is 0 Å². The second kappa shape index (κ2) is 8.49. The van der Waals surface area contributed by atoms with Gasteiger partial charge in [-0.1, -0.05) is 58.2 Å². The number of epoxide rings is 1. The molecule has 0 aromatic heterocycles. The second-order valence-electron chi connectivity index (χ2n) is 8.78. The maximum absolute atomic E-state index is 11.6. The molecule has 1 heterocycles. The summed E-state index contributed by atoms with van der Waals surface area (Å²) in [5.74, 6) is 9.64. The fourth-order valence-electron chi connectivity index (χ4n) is 3.89. The van der Waals surface area contributed by atoms with Crippen LogP contribution in [0.1, 0.15) is 40.0 Å². The number of allylic oxidation sites excluding steroid dienone is 2. The monoisotopic (exact) mass is 402 g/mol. The van der Waals surface area contributed by atoms with E-state index in [9.17, 15) is 4.79 Å². The summed E-state index contributed by atoms with van der Waals surface area (Å²) in [6, 6.07) is 3.17. The lowest BCUT2D eigenvalue weighted by atomic mass is 9.79. The number of rotatable bonds is 6. The largest absolute Gasteiger partial charge is 0.399 e. The molecular formula is C22H34O3Si2. The smallest absolute Gasteiger partial charge is 0.194 e. The molecule has 1 aliphatic carbocycles. The minimum Gasteiger partial charge on any atom is -0.399 e. The molecule has 148 valence electrons. The molecule has 2 aliphatic rings. The summed E-state index contributed by atoms with van der Waals surface area (Å²) in [7, 11) is -3.25. The first-order valence-electron chi connectivity index (χ1n) is 10.2. The Hall–Kier alpha value is -1.12. The highest BCUT2D eigenvalue weighted by atomic mass is 28.4. The molecule has 0 aromatic rings. The number of fused-ring (bicyclic) bond motifs is 1. The molecule has 0 bridgehead atoms. The molecular weight excluding hydrogens is 368 g/mol. The van der Waals surface area contributed by atoms with Crippen molar-refractivity contribution in [2.24, 2.45) is 0 Å². The second-order valence-corrected chi connectivity index (χ2v) is 18.2. The lowest BCUT2D eigenvalue weighted by Crippen LogP contribution is -2.53. The zero-order valence-corrected chi connectivity index (χ0v) is 19.8. The van der Waals surface area contributed by atoms with Crippen LogP contribution in [0.5, 0.6) is 0 Å². The molecule has 27 heavy (non-hydrogen) atoms. The molecule has 2 fully saturated rings. The lowest BCUT2D eigenvalue weighted by Gasteiger charge is -2.41. The Balaban J connectivity index is 2.30. The van der Waals surface area contributed by atoms with Gasteiger partial charge in [-0.15, -0.1) is 5.54 Å². The number of carbonyl (C=O) groups is 1. The standard InChI is InChI=1S/C22H34O3Si2/c1-7-27(8-2,9-3)25-21(15-12-10-11-13-18-26(4,5)6)16-14-17-22(19-23)20(21)24-22/h10-11,19-20H,7-9,14,16-17H2,1-6H3/b11-10-/t20-,21-,22-/m0/s1. The molecule has 0 unspecified atom stereocenters. The Kier molecular flexibility index (Phi) is 6.97. The van der Waals surface area contributed by atoms with Crippen LogP contribution in [0.25, 0.3) is 0 Å². The quantitative estimate of drug-likeness (QED) is 0.279. The summed E-state index contributed by atoms with van der Waals surface area (Å²) >= 11 is 0. The van der Waals surface area contributed by atoms with Gasteiger partial charge in [0.2, 0.25) is 0 Å². The molecule has 1 aliphatic heterocycles. The van der Waals surface area contributed by atoms with Crippen molar-refractivity contribution in [2.75, 3.05) is 0 Å². The van der Waals surface area contributed by atoms with Gasteiger partial charge in [0.1, 0.15) is 19.8 Å². The van der Waals surface area contributed by atoms with E-state index in [1.54, 1.807) is 0 Å². The van der Waals surface area contributed by atoms with Crippen molar-refractivity contribution in [3.05, 3.63) is 12.2 Å². The van der Waals surface area contributed by atoms with E-state index >= 15 is 0 Å². The normalized spacial score (nSPS) is 29.9. The molecule has 1 saturated heterocycles. The third-order valence-electron chi connectivity index (χ3n) is 5.78. The van der Waals surface area contributed by atoms with E-state index in [-0.39, 0.29) is 6.10 Å². The molecule has 3 nitrogen and oxygen atoms in total. The predicted molar refractivity (Wildman–Crippen MR) is 117 cm³/mol. The first-order valence-corrected chi connectivity index (χ1v) is 16.3. The molecule has 3 atom stereocenters. The first kappa shape index (κ1) is 22.2. The van der Waals surface area contributed by atoms with Crippen molar-refractivity contribution in [2.45, 2.75) is 95.1 Å². The predicted octanol–water partition coefficient (Wildman–Crippen LogP) is 4.71. The zero-order chi connectivity index (χ0) is 20.2. The van der Waals surface area contributed by atoms with Gasteiger partial charge in [-0.2, -0.15) is 0 Å². The van der Waals surface area contributed by atoms with Gasteiger partial charge in [0.15, 0.2) is 20.2 Å². The number of hydrogen-bond acceptors (Lipinski definition) is 3. The van der Waals surface area contributed by atoms with Gasteiger partial charge in [-0.25, -0.2) is 0 Å². The van der Waals surface area contributed by atoms with Crippen LogP contribution in [-0.4, -0.2) is 40.0 Å². The topological polar surface area (TPSA) is 38.8 Å². The Morgan fingerprint density at radius 3 is 2.26 bits per heavy atom. The molecule has 0 N–H and O–H groups in total. The minimum atomic E-state index is -1.88. The van der Waals surface area contributed by atoms with Crippen molar-refractivity contribution in [1.82, 2.24) is 0 Å². The SMILES string of the molecule is CC[Si](CC)(CC)O[C@@]1(C#C/C=C\C#C[Si](C)(C)C)CCC[C@@]2(C=O)O[C@H]21. The fourth-order valence-corrected chi connectivity index (χ4v) is 7.37. The van der Waals surface area contributed by atoms with Crippen molar-refractivity contribution >= 4 is 22.7 Å². The fraction of sp³-hybridized carbons (Fsp3) is 0.682. The maximum Gasteiger partial charge on any atom is 0.194 e. The van der Waals surface area contributed by atoms with Crippen LogP contribution < -0.4 is 0 Å². The highest BCUT2D eigenvalue weighted by molar-refractivity contribution is 6.83. The maximum atomic E-state index is 11.6. The number of carbonyl (C=O) groups excluding carboxylic acids is 1. The van der Waals surface area contributed by atoms with E-state index in [4.69, 9.17) is 9.16 Å². The first-order chi connectivity index (χ1) is 12.7. The molecule has 2 rings (SSSR count). The van der Waals surface area contributed by atoms with Crippen LogP contribution in [0.3, 0.4) is 0 Å². The van der Waals surface area contributed by atoms with Gasteiger partial charge in [-0.05, 0) is 49.5 Å². The van der Waals surface area contributed by atoms with Crippen molar-refractivity contribution < 1.29 is 14.0 Å². The summed E-state index contributed by atoms with van der Waals surface area (Å²) in [5.41, 5.74) is 1.99. The van der Waals surface area contributed by atoms with Crippen LogP contribution in [0, 0.1) is 23.3 Å². The van der Waals surface area contributed by atoms with Crippen LogP contribution in [-0.2, 0) is 14.0 Å². The van der Waals surface area contributed by atoms with Gasteiger partial charge in [0, 0.05) is 0 Å². The summed E-state index contributed by atoms with van der Waals surface area (Å²) in [6.45, 7) is 13.3. The van der Waals surface area contributed by atoms with Gasteiger partial charge in [0.25, 0.3) is 0 Å². The van der Waals surface area contributed by atoms with E-state index in [2.05, 4.69) is 63.7 Å². The lowest BCUT2D eigenvalue weighted by molar-refractivity contribution is -0.112. The summed E-state index contributed by atoms with van der Waals surface area (Å²) in [4.78, 5) is 11.6. The molecule has 0 amide bonds. The summed E-state index contributed by atoms with van der Waals surface area (Å²) < 4.78 is 12.8. The zero-order valence-electron chi connectivity index (χ0n) is 17.8. The summed E-state index contributed by atoms with van der Waals surface area (Å²) in [6.07, 6.45) is 6.91. The van der Waals surface area contributed by atoms with Crippen molar-refractivity contribution in [3.63, 3.8) is 0 Å². The van der Waals surface area contributed by atoms with E-state index in [1.807, 2.05) is 12.2 Å². The summed E-state index contributed by atoms with van der Waals surface area (Å²) in [5, 5.41) is 0. The van der Waals surface area contributed by atoms with Gasteiger partial charge < -0.3 is 14.0 Å². The van der Waals surface area contributed by atoms with Crippen LogP contribution >= 0.6 is 0 Å². The Bertz CT molecular complexity index is 689. The van der Waals surface area contributed by atoms with E-state index in [0.717, 1.165) is 43.7 Å². The minimum absolute atomic E-state index is 0.221. The molecule has 0 spiro atoms. The van der Waals surface area contributed by atoms with Gasteiger partial charge in [0.05, 0.1) is 0 Å². The van der Waals surface area contributed by atoms with Crippen molar-refractivity contribution in [1.29, 1.82) is 0 Å². The van der Waals surface area contributed by atoms with Crippen LogP contribution in [0.4, 0.5) is 0 Å². The van der Waals surface area contributed by atoms with E-state index in [1.165, 1.54) is 0 Å². The number of ether oxygens (including phenoxy) is 1. The molecule has 0 aromatic carbocycles. The van der Waals surface area contributed by atoms with Gasteiger partial charge in [-0.3, -0.25) is 0 Å². The van der Waals surface area contributed by atoms with E-state index < -0.39 is 27.6 Å². The molecule has 1 saturated carbocycles. The van der Waals surface area contributed by atoms with Crippen molar-refractivity contribution in [3.8, 4) is 23.3 Å². The van der Waals surface area contributed by atoms with E-state index in [0.29, 0.717) is 0 Å². The van der Waals surface area contributed by atoms with Crippen LogP contribution in [0.2, 0.25) is 37.8 Å². The number of hydrogen-bond donors (Lipinski definition) is 0. The van der Waals surface area contributed by atoms with Crippen LogP contribution in [0.15, 0.2) is 12.2 Å². The highest BCUT2D eigenvalue weighted by Gasteiger charge is 2.69. The third-order valence-corrected chi connectivity index (χ3v) is 11.3. The Labute approximate surface area is 167 Å². The number of aldehydes is 1. The molecule has 5 heteroatoms. The Morgan fingerprint density at radius 1 is 1.07 bits per heavy atom. The third kappa shape index (κ3) is 5.03.